The van der Waals surface area contributed by atoms with Gasteiger partial charge in [0.15, 0.2) is 5.96 Å². The second-order valence-corrected chi connectivity index (χ2v) is 7.10. The summed E-state index contributed by atoms with van der Waals surface area (Å²) in [4.78, 5) is 16.1. The van der Waals surface area contributed by atoms with E-state index in [0.29, 0.717) is 31.2 Å². The van der Waals surface area contributed by atoms with Crippen molar-refractivity contribution in [2.45, 2.75) is 31.7 Å². The molecule has 0 aliphatic heterocycles. The second-order valence-electron chi connectivity index (χ2n) is 7.10. The summed E-state index contributed by atoms with van der Waals surface area (Å²) in [6, 6.07) is 14.5. The molecule has 0 bridgehead atoms. The molecule has 3 rings (SSSR count). The van der Waals surface area contributed by atoms with Crippen molar-refractivity contribution in [3.63, 3.8) is 0 Å². The van der Waals surface area contributed by atoms with Gasteiger partial charge in [0, 0.05) is 37.7 Å². The Morgan fingerprint density at radius 1 is 1.07 bits per heavy atom. The van der Waals surface area contributed by atoms with Gasteiger partial charge in [-0.05, 0) is 49.1 Å². The molecule has 1 fully saturated rings. The lowest BCUT2D eigenvalue weighted by Gasteiger charge is -2.19. The van der Waals surface area contributed by atoms with Crippen molar-refractivity contribution in [3.05, 3.63) is 71.0 Å². The molecule has 0 unspecified atom stereocenters. The van der Waals surface area contributed by atoms with Crippen molar-refractivity contribution in [2.75, 3.05) is 20.1 Å². The van der Waals surface area contributed by atoms with E-state index in [-0.39, 0.29) is 41.1 Å². The van der Waals surface area contributed by atoms with Crippen LogP contribution in [0.1, 0.15) is 41.3 Å². The summed E-state index contributed by atoms with van der Waals surface area (Å²) in [5.41, 5.74) is 2.33. The highest BCUT2D eigenvalue weighted by molar-refractivity contribution is 14.0. The van der Waals surface area contributed by atoms with Crippen molar-refractivity contribution < 1.29 is 9.18 Å². The summed E-state index contributed by atoms with van der Waals surface area (Å²) in [6.07, 6.45) is 1.94. The van der Waals surface area contributed by atoms with Gasteiger partial charge in [-0.1, -0.05) is 30.3 Å². The Morgan fingerprint density at radius 2 is 1.76 bits per heavy atom. The summed E-state index contributed by atoms with van der Waals surface area (Å²) in [7, 11) is 1.72. The molecule has 2 aromatic rings. The Balaban J connectivity index is 0.00000300. The van der Waals surface area contributed by atoms with E-state index in [2.05, 4.69) is 20.9 Å². The number of benzene rings is 2. The second kappa shape index (κ2) is 10.6. The number of carbonyl (C=O) groups is 1. The van der Waals surface area contributed by atoms with Crippen molar-refractivity contribution in [1.82, 2.24) is 16.0 Å². The van der Waals surface area contributed by atoms with Gasteiger partial charge in [0.2, 0.25) is 0 Å². The number of nitrogens with one attached hydrogen (secondary N) is 3. The Kier molecular flexibility index (Phi) is 8.43. The lowest BCUT2D eigenvalue weighted by molar-refractivity contribution is 0.0956. The van der Waals surface area contributed by atoms with Crippen molar-refractivity contribution >= 4 is 35.8 Å². The first kappa shape index (κ1) is 23.1. The van der Waals surface area contributed by atoms with Crippen LogP contribution < -0.4 is 16.0 Å². The number of halogens is 2. The Labute approximate surface area is 188 Å². The van der Waals surface area contributed by atoms with Gasteiger partial charge in [0.1, 0.15) is 5.82 Å². The zero-order chi connectivity index (χ0) is 20.0. The van der Waals surface area contributed by atoms with E-state index in [9.17, 15) is 9.18 Å². The van der Waals surface area contributed by atoms with Gasteiger partial charge in [-0.25, -0.2) is 4.39 Å². The maximum atomic E-state index is 14.1. The van der Waals surface area contributed by atoms with Gasteiger partial charge in [0.25, 0.3) is 5.91 Å². The van der Waals surface area contributed by atoms with Crippen LogP contribution in [-0.2, 0) is 12.0 Å². The molecule has 0 atom stereocenters. The number of guanidine groups is 1. The van der Waals surface area contributed by atoms with Gasteiger partial charge >= 0.3 is 0 Å². The summed E-state index contributed by atoms with van der Waals surface area (Å²) >= 11 is 0. The normalized spacial score (nSPS) is 14.5. The number of hydrogen-bond acceptors (Lipinski definition) is 2. The molecule has 1 amide bonds. The van der Waals surface area contributed by atoms with Crippen LogP contribution in [-0.4, -0.2) is 32.0 Å². The SMILES string of the molecule is CCNC(=O)c1ccc(CNC(=NC)NCC2(c3ccccc3F)CC2)cc1.I. The minimum Gasteiger partial charge on any atom is -0.356 e. The molecule has 1 saturated carbocycles. The lowest BCUT2D eigenvalue weighted by Crippen LogP contribution is -2.41. The van der Waals surface area contributed by atoms with E-state index in [0.717, 1.165) is 24.0 Å². The molecule has 0 saturated heterocycles. The van der Waals surface area contributed by atoms with E-state index < -0.39 is 0 Å². The van der Waals surface area contributed by atoms with Crippen molar-refractivity contribution in [3.8, 4) is 0 Å². The monoisotopic (exact) mass is 510 g/mol. The van der Waals surface area contributed by atoms with Gasteiger partial charge in [0.05, 0.1) is 0 Å². The van der Waals surface area contributed by atoms with Crippen LogP contribution in [0.25, 0.3) is 0 Å². The summed E-state index contributed by atoms with van der Waals surface area (Å²) < 4.78 is 14.1. The van der Waals surface area contributed by atoms with E-state index >= 15 is 0 Å². The molecule has 0 spiro atoms. The molecule has 0 radical (unpaired) electrons. The number of amides is 1. The predicted octanol–water partition coefficient (Wildman–Crippen LogP) is 3.59. The molecule has 0 aromatic heterocycles. The number of hydrogen-bond donors (Lipinski definition) is 3. The van der Waals surface area contributed by atoms with Crippen LogP contribution in [0.5, 0.6) is 0 Å². The van der Waals surface area contributed by atoms with E-state index in [4.69, 9.17) is 0 Å². The number of carbonyl (C=O) groups excluding carboxylic acids is 1. The zero-order valence-electron chi connectivity index (χ0n) is 16.8. The first-order valence-corrected chi connectivity index (χ1v) is 9.64. The maximum Gasteiger partial charge on any atom is 0.251 e. The van der Waals surface area contributed by atoms with Crippen LogP contribution in [0.15, 0.2) is 53.5 Å². The van der Waals surface area contributed by atoms with E-state index in [1.165, 1.54) is 6.07 Å². The quantitative estimate of drug-likeness (QED) is 0.303. The average molecular weight is 510 g/mol. The Hall–Kier alpha value is -2.16. The number of aliphatic imine (C=N–C) groups is 1. The molecule has 2 aromatic carbocycles. The van der Waals surface area contributed by atoms with Gasteiger partial charge in [-0.15, -0.1) is 24.0 Å². The van der Waals surface area contributed by atoms with Gasteiger partial charge in [-0.3, -0.25) is 9.79 Å². The highest BCUT2D eigenvalue weighted by Crippen LogP contribution is 2.48. The molecule has 3 N–H and O–H groups in total. The fourth-order valence-electron chi connectivity index (χ4n) is 3.28. The zero-order valence-corrected chi connectivity index (χ0v) is 19.1. The lowest BCUT2D eigenvalue weighted by atomic mass is 9.95. The third-order valence-electron chi connectivity index (χ3n) is 5.13. The predicted molar refractivity (Wildman–Crippen MR) is 125 cm³/mol. The maximum absolute atomic E-state index is 14.1. The van der Waals surface area contributed by atoms with Crippen LogP contribution >= 0.6 is 24.0 Å². The van der Waals surface area contributed by atoms with E-state index in [1.54, 1.807) is 13.1 Å². The fourth-order valence-corrected chi connectivity index (χ4v) is 3.28. The summed E-state index contributed by atoms with van der Waals surface area (Å²) in [6.45, 7) is 3.73. The van der Waals surface area contributed by atoms with Crippen LogP contribution in [0, 0.1) is 5.82 Å². The summed E-state index contributed by atoms with van der Waals surface area (Å²) in [5.74, 6) is 0.467. The number of nitrogens with zero attached hydrogens (tertiary/aromatic N) is 1. The van der Waals surface area contributed by atoms with Gasteiger partial charge < -0.3 is 16.0 Å². The standard InChI is InChI=1S/C22H27FN4O.HI/c1-3-25-20(28)17-10-8-16(9-11-17)14-26-21(24-2)27-15-22(12-13-22)18-6-4-5-7-19(18)23;/h4-11H,3,12-15H2,1-2H3,(H,25,28)(H2,24,26,27);1H. The van der Waals surface area contributed by atoms with Gasteiger partial charge in [-0.2, -0.15) is 0 Å². The number of rotatable bonds is 7. The average Bonchev–Trinajstić information content (AvgIpc) is 3.50. The molecule has 0 heterocycles. The van der Waals surface area contributed by atoms with Crippen LogP contribution in [0.2, 0.25) is 0 Å². The highest BCUT2D eigenvalue weighted by Gasteiger charge is 2.45. The Morgan fingerprint density at radius 3 is 2.34 bits per heavy atom. The minimum absolute atomic E-state index is 0. The smallest absolute Gasteiger partial charge is 0.251 e. The molecule has 5 nitrogen and oxygen atoms in total. The Bertz CT molecular complexity index is 850. The third-order valence-corrected chi connectivity index (χ3v) is 5.13. The molecule has 7 heteroatoms. The first-order valence-electron chi connectivity index (χ1n) is 9.64. The van der Waals surface area contributed by atoms with Crippen molar-refractivity contribution in [1.29, 1.82) is 0 Å². The minimum atomic E-state index is -0.142. The molecule has 29 heavy (non-hydrogen) atoms. The first-order chi connectivity index (χ1) is 13.6. The molecule has 156 valence electrons. The van der Waals surface area contributed by atoms with Crippen LogP contribution in [0.3, 0.4) is 0 Å². The fraction of sp³-hybridized carbons (Fsp3) is 0.364. The molecular formula is C22H28FIN4O. The molecule has 1 aliphatic carbocycles. The molecular weight excluding hydrogens is 482 g/mol. The topological polar surface area (TPSA) is 65.5 Å². The summed E-state index contributed by atoms with van der Waals surface area (Å²) in [5, 5.41) is 9.38. The van der Waals surface area contributed by atoms with Crippen molar-refractivity contribution in [2.24, 2.45) is 4.99 Å². The largest absolute Gasteiger partial charge is 0.356 e. The van der Waals surface area contributed by atoms with Crippen LogP contribution in [0.4, 0.5) is 4.39 Å². The third kappa shape index (κ3) is 5.91. The molecule has 1 aliphatic rings. The van der Waals surface area contributed by atoms with E-state index in [1.807, 2.05) is 43.3 Å². The highest BCUT2D eigenvalue weighted by atomic mass is 127.